The van der Waals surface area contributed by atoms with Gasteiger partial charge in [0.2, 0.25) is 12.0 Å². The van der Waals surface area contributed by atoms with Crippen LogP contribution >= 0.6 is 12.6 Å². The highest BCUT2D eigenvalue weighted by Gasteiger charge is 2.44. The van der Waals surface area contributed by atoms with E-state index < -0.39 is 17.6 Å². The number of fused-ring (bicyclic) bond motifs is 1. The Morgan fingerprint density at radius 3 is 2.62 bits per heavy atom. The number of hydrogen-bond acceptors (Lipinski definition) is 5. The van der Waals surface area contributed by atoms with Crippen molar-refractivity contribution in [3.05, 3.63) is 30.1 Å². The number of thiol groups is 1. The Morgan fingerprint density at radius 2 is 2.05 bits per heavy atom. The molecule has 112 valence electrons. The Morgan fingerprint density at radius 1 is 1.33 bits per heavy atom. The predicted molar refractivity (Wildman–Crippen MR) is 70.4 cm³/mol. The number of methoxy groups -OCH3 is 1. The Hall–Kier alpha value is -2.03. The molecular weight excluding hydrogens is 309 g/mol. The van der Waals surface area contributed by atoms with Crippen molar-refractivity contribution < 1.29 is 27.4 Å². The van der Waals surface area contributed by atoms with Gasteiger partial charge in [0.25, 0.3) is 0 Å². The quantitative estimate of drug-likeness (QED) is 0.695. The van der Waals surface area contributed by atoms with Crippen molar-refractivity contribution in [2.24, 2.45) is 0 Å². The molecule has 0 saturated carbocycles. The average Bonchev–Trinajstić information content (AvgIpc) is 2.42. The molecule has 5 nitrogen and oxygen atoms in total. The molecule has 1 heterocycles. The summed E-state index contributed by atoms with van der Waals surface area (Å²) in [6.45, 7) is 0. The van der Waals surface area contributed by atoms with Crippen molar-refractivity contribution in [1.29, 1.82) is 0 Å². The first-order valence-corrected chi connectivity index (χ1v) is 6.02. The molecule has 21 heavy (non-hydrogen) atoms. The van der Waals surface area contributed by atoms with Gasteiger partial charge >= 0.3 is 11.5 Å². The summed E-state index contributed by atoms with van der Waals surface area (Å²) in [6, 6.07) is 3.70. The summed E-state index contributed by atoms with van der Waals surface area (Å²) in [5.74, 6) is 0.125. The van der Waals surface area contributed by atoms with Crippen molar-refractivity contribution in [2.45, 2.75) is 12.3 Å². The molecule has 0 fully saturated rings. The Labute approximate surface area is 122 Å². The molecule has 1 unspecified atom stereocenters. The van der Waals surface area contributed by atoms with Crippen molar-refractivity contribution >= 4 is 28.8 Å². The standard InChI is InChI=1S/C12H9F3N2O3S/c1-19-10-7-4-6(2-3-8(7)16-5-17-10)9(12(13,14)15)20-11(18)21/h2-5,9H,1H3,(H,18,21). The molecule has 0 amide bonds. The van der Waals surface area contributed by atoms with Crippen LogP contribution in [-0.2, 0) is 4.74 Å². The molecule has 0 spiro atoms. The first-order chi connectivity index (χ1) is 9.82. The maximum Gasteiger partial charge on any atom is 0.429 e. The van der Waals surface area contributed by atoms with E-state index in [1.54, 1.807) is 0 Å². The van der Waals surface area contributed by atoms with Gasteiger partial charge in [0.15, 0.2) is 0 Å². The fourth-order valence-corrected chi connectivity index (χ4v) is 1.91. The predicted octanol–water partition coefficient (Wildman–Crippen LogP) is 3.31. The molecule has 1 atom stereocenters. The van der Waals surface area contributed by atoms with Gasteiger partial charge in [-0.3, -0.25) is 0 Å². The van der Waals surface area contributed by atoms with Gasteiger partial charge in [0.05, 0.1) is 18.0 Å². The number of aromatic nitrogens is 2. The summed E-state index contributed by atoms with van der Waals surface area (Å²) < 4.78 is 48.1. The first-order valence-electron chi connectivity index (χ1n) is 5.58. The van der Waals surface area contributed by atoms with Crippen molar-refractivity contribution in [1.82, 2.24) is 9.97 Å². The SMILES string of the molecule is COc1ncnc2ccc(C(OC(=O)S)C(F)(F)F)cc12. The van der Waals surface area contributed by atoms with E-state index in [1.165, 1.54) is 31.6 Å². The maximum atomic E-state index is 13.0. The van der Waals surface area contributed by atoms with Crippen molar-refractivity contribution in [2.75, 3.05) is 7.11 Å². The van der Waals surface area contributed by atoms with Gasteiger partial charge in [0, 0.05) is 5.56 Å². The van der Waals surface area contributed by atoms with Crippen LogP contribution in [0.2, 0.25) is 0 Å². The van der Waals surface area contributed by atoms with E-state index >= 15 is 0 Å². The van der Waals surface area contributed by atoms with Gasteiger partial charge in [-0.05, 0) is 12.1 Å². The second-order valence-corrected chi connectivity index (χ2v) is 4.33. The minimum absolute atomic E-state index is 0.125. The lowest BCUT2D eigenvalue weighted by Gasteiger charge is -2.20. The lowest BCUT2D eigenvalue weighted by molar-refractivity contribution is -0.203. The van der Waals surface area contributed by atoms with Gasteiger partial charge in [-0.25, -0.2) is 14.8 Å². The van der Waals surface area contributed by atoms with Crippen LogP contribution in [0.5, 0.6) is 5.88 Å². The van der Waals surface area contributed by atoms with Crippen LogP contribution in [0.1, 0.15) is 11.7 Å². The average molecular weight is 318 g/mol. The van der Waals surface area contributed by atoms with E-state index in [0.717, 1.165) is 0 Å². The fourth-order valence-electron chi connectivity index (χ4n) is 1.80. The van der Waals surface area contributed by atoms with E-state index in [4.69, 9.17) is 4.74 Å². The summed E-state index contributed by atoms with van der Waals surface area (Å²) in [6.07, 6.45) is -5.96. The number of rotatable bonds is 3. The van der Waals surface area contributed by atoms with Crippen molar-refractivity contribution in [3.63, 3.8) is 0 Å². The zero-order valence-electron chi connectivity index (χ0n) is 10.6. The topological polar surface area (TPSA) is 61.3 Å². The fraction of sp³-hybridized carbons (Fsp3) is 0.250. The van der Waals surface area contributed by atoms with E-state index in [9.17, 15) is 18.0 Å². The molecule has 0 aliphatic heterocycles. The summed E-state index contributed by atoms with van der Waals surface area (Å²) in [5, 5.41) is -1.05. The molecule has 0 aliphatic rings. The molecule has 9 heteroatoms. The van der Waals surface area contributed by atoms with E-state index in [1.807, 2.05) is 0 Å². The molecule has 2 rings (SSSR count). The lowest BCUT2D eigenvalue weighted by Crippen LogP contribution is -2.24. The maximum absolute atomic E-state index is 13.0. The number of alkyl halides is 3. The summed E-state index contributed by atoms with van der Waals surface area (Å²) >= 11 is 3.22. The first kappa shape index (κ1) is 15.4. The highest BCUT2D eigenvalue weighted by molar-refractivity contribution is 7.96. The monoisotopic (exact) mass is 318 g/mol. The van der Waals surface area contributed by atoms with Crippen LogP contribution in [0.15, 0.2) is 24.5 Å². The number of ether oxygens (including phenoxy) is 2. The number of carbonyl (C=O) groups excluding carboxylic acids is 1. The lowest BCUT2D eigenvalue weighted by atomic mass is 10.1. The highest BCUT2D eigenvalue weighted by atomic mass is 32.1. The highest BCUT2D eigenvalue weighted by Crippen LogP contribution is 2.38. The van der Waals surface area contributed by atoms with Crippen LogP contribution in [0.25, 0.3) is 10.9 Å². The number of nitrogens with zero attached hydrogens (tertiary/aromatic N) is 2. The molecule has 0 radical (unpaired) electrons. The third-order valence-corrected chi connectivity index (χ3v) is 2.74. The van der Waals surface area contributed by atoms with Crippen LogP contribution in [-0.4, -0.2) is 28.6 Å². The van der Waals surface area contributed by atoms with Gasteiger partial charge in [-0.15, -0.1) is 0 Å². The van der Waals surface area contributed by atoms with Crippen LogP contribution in [0, 0.1) is 0 Å². The van der Waals surface area contributed by atoms with Crippen molar-refractivity contribution in [3.8, 4) is 5.88 Å². The molecule has 0 bridgehead atoms. The van der Waals surface area contributed by atoms with Gasteiger partial charge in [-0.2, -0.15) is 13.2 Å². The number of hydrogen-bond donors (Lipinski definition) is 1. The normalized spacial score (nSPS) is 13.0. The Kier molecular flexibility index (Phi) is 4.21. The molecule has 0 saturated heterocycles. The summed E-state index contributed by atoms with van der Waals surface area (Å²) in [7, 11) is 1.34. The molecule has 1 aromatic carbocycles. The zero-order valence-corrected chi connectivity index (χ0v) is 11.5. The second kappa shape index (κ2) is 5.76. The Balaban J connectivity index is 2.55. The Bertz CT molecular complexity index is 678. The van der Waals surface area contributed by atoms with Crippen LogP contribution < -0.4 is 4.74 Å². The van der Waals surface area contributed by atoms with Gasteiger partial charge in [-0.1, -0.05) is 18.7 Å². The minimum Gasteiger partial charge on any atom is -0.480 e. The summed E-state index contributed by atoms with van der Waals surface area (Å²) in [5.41, 5.74) is 0.134. The number of halogens is 3. The number of carbonyl (C=O) groups is 1. The van der Waals surface area contributed by atoms with Crippen LogP contribution in [0.4, 0.5) is 18.0 Å². The molecule has 1 aromatic heterocycles. The number of benzene rings is 1. The van der Waals surface area contributed by atoms with Crippen LogP contribution in [0.3, 0.4) is 0 Å². The van der Waals surface area contributed by atoms with Gasteiger partial charge in [0.1, 0.15) is 6.33 Å². The molecule has 0 aliphatic carbocycles. The second-order valence-electron chi connectivity index (χ2n) is 3.96. The summed E-state index contributed by atoms with van der Waals surface area (Å²) in [4.78, 5) is 18.5. The largest absolute Gasteiger partial charge is 0.480 e. The zero-order chi connectivity index (χ0) is 15.6. The third-order valence-electron chi connectivity index (χ3n) is 2.63. The molecule has 0 N–H and O–H groups in total. The smallest absolute Gasteiger partial charge is 0.429 e. The minimum atomic E-state index is -4.77. The molecule has 2 aromatic rings. The third kappa shape index (κ3) is 3.35. The van der Waals surface area contributed by atoms with E-state index in [-0.39, 0.29) is 16.8 Å². The van der Waals surface area contributed by atoms with E-state index in [2.05, 4.69) is 27.3 Å². The van der Waals surface area contributed by atoms with E-state index in [0.29, 0.717) is 5.52 Å². The molecular formula is C12H9F3N2O3S. The van der Waals surface area contributed by atoms with Gasteiger partial charge < -0.3 is 9.47 Å².